The van der Waals surface area contributed by atoms with Crippen LogP contribution >= 0.6 is 0 Å². The normalized spacial score (nSPS) is 30.4. The number of ether oxygens (including phenoxy) is 2. The van der Waals surface area contributed by atoms with Crippen molar-refractivity contribution < 1.29 is 19.1 Å². The molecule has 2 rings (SSSR count). The first-order valence-corrected chi connectivity index (χ1v) is 6.56. The van der Waals surface area contributed by atoms with Gasteiger partial charge in [0, 0.05) is 13.1 Å². The van der Waals surface area contributed by atoms with Gasteiger partial charge in [-0.1, -0.05) is 0 Å². The number of likely N-dealkylation sites (tertiary alicyclic amines) is 1. The third kappa shape index (κ3) is 2.44. The molecular weight excluding hydrogens is 234 g/mol. The zero-order valence-electron chi connectivity index (χ0n) is 11.2. The number of piperidine rings is 1. The minimum Gasteiger partial charge on any atom is -0.469 e. The Labute approximate surface area is 107 Å². The molecule has 5 heteroatoms. The van der Waals surface area contributed by atoms with Crippen LogP contribution in [0.1, 0.15) is 26.7 Å². The molecule has 1 saturated carbocycles. The third-order valence-electron chi connectivity index (χ3n) is 3.90. The van der Waals surface area contributed by atoms with Crippen molar-refractivity contribution in [2.45, 2.75) is 32.8 Å². The van der Waals surface area contributed by atoms with E-state index in [1.807, 2.05) is 13.8 Å². The highest BCUT2D eigenvalue weighted by atomic mass is 16.6. The smallest absolute Gasteiger partial charge is 0.410 e. The maximum absolute atomic E-state index is 11.9. The van der Waals surface area contributed by atoms with Crippen LogP contribution in [0.2, 0.25) is 0 Å². The SMILES string of the molecule is COC(=O)C1[C@@H]2CC[C@H]1CN(C(=O)OC(C)C)C2. The fraction of sp³-hybridized carbons (Fsp3) is 0.846. The lowest BCUT2D eigenvalue weighted by atomic mass is 9.85. The Morgan fingerprint density at radius 2 is 1.72 bits per heavy atom. The van der Waals surface area contributed by atoms with E-state index >= 15 is 0 Å². The van der Waals surface area contributed by atoms with E-state index in [-0.39, 0.29) is 35.9 Å². The molecule has 2 bridgehead atoms. The monoisotopic (exact) mass is 255 g/mol. The summed E-state index contributed by atoms with van der Waals surface area (Å²) in [7, 11) is 1.43. The lowest BCUT2D eigenvalue weighted by Crippen LogP contribution is -2.48. The van der Waals surface area contributed by atoms with Crippen molar-refractivity contribution >= 4 is 12.1 Å². The van der Waals surface area contributed by atoms with Crippen molar-refractivity contribution in [3.63, 3.8) is 0 Å². The Balaban J connectivity index is 2.00. The van der Waals surface area contributed by atoms with Gasteiger partial charge in [0.05, 0.1) is 19.1 Å². The van der Waals surface area contributed by atoms with E-state index in [4.69, 9.17) is 9.47 Å². The topological polar surface area (TPSA) is 55.8 Å². The molecule has 0 aromatic heterocycles. The molecule has 3 atom stereocenters. The van der Waals surface area contributed by atoms with Crippen LogP contribution in [0.15, 0.2) is 0 Å². The summed E-state index contributed by atoms with van der Waals surface area (Å²) in [5, 5.41) is 0. The van der Waals surface area contributed by atoms with E-state index in [2.05, 4.69) is 0 Å². The Kier molecular flexibility index (Phi) is 3.78. The third-order valence-corrected chi connectivity index (χ3v) is 3.90. The maximum atomic E-state index is 11.9. The first-order chi connectivity index (χ1) is 8.52. The van der Waals surface area contributed by atoms with E-state index < -0.39 is 0 Å². The molecule has 1 heterocycles. The van der Waals surface area contributed by atoms with Gasteiger partial charge >= 0.3 is 12.1 Å². The Morgan fingerprint density at radius 3 is 2.17 bits per heavy atom. The fourth-order valence-electron chi connectivity index (χ4n) is 3.17. The highest BCUT2D eigenvalue weighted by Crippen LogP contribution is 2.42. The number of rotatable bonds is 2. The Hall–Kier alpha value is -1.26. The van der Waals surface area contributed by atoms with Crippen molar-refractivity contribution in [1.82, 2.24) is 4.90 Å². The van der Waals surface area contributed by atoms with E-state index in [0.717, 1.165) is 12.8 Å². The summed E-state index contributed by atoms with van der Waals surface area (Å²) in [5.41, 5.74) is 0. The zero-order valence-corrected chi connectivity index (χ0v) is 11.2. The number of esters is 1. The van der Waals surface area contributed by atoms with E-state index in [1.54, 1.807) is 4.90 Å². The van der Waals surface area contributed by atoms with Crippen molar-refractivity contribution in [3.8, 4) is 0 Å². The first-order valence-electron chi connectivity index (χ1n) is 6.56. The maximum Gasteiger partial charge on any atom is 0.410 e. The molecule has 0 spiro atoms. The second kappa shape index (κ2) is 5.16. The van der Waals surface area contributed by atoms with Crippen LogP contribution in [-0.4, -0.2) is 43.3 Å². The molecule has 1 aliphatic heterocycles. The van der Waals surface area contributed by atoms with Crippen molar-refractivity contribution in [1.29, 1.82) is 0 Å². The lowest BCUT2D eigenvalue weighted by Gasteiger charge is -2.36. The number of nitrogens with zero attached hydrogens (tertiary/aromatic N) is 1. The summed E-state index contributed by atoms with van der Waals surface area (Å²) in [6, 6.07) is 0. The molecule has 5 nitrogen and oxygen atoms in total. The number of hydrogen-bond donors (Lipinski definition) is 0. The molecule has 0 N–H and O–H groups in total. The summed E-state index contributed by atoms with van der Waals surface area (Å²) in [6.07, 6.45) is 1.63. The van der Waals surface area contributed by atoms with Gasteiger partial charge < -0.3 is 14.4 Å². The summed E-state index contributed by atoms with van der Waals surface area (Å²) in [5.74, 6) is 0.310. The van der Waals surface area contributed by atoms with Gasteiger partial charge in [-0.25, -0.2) is 4.79 Å². The molecule has 2 aliphatic rings. The number of carbonyl (C=O) groups excluding carboxylic acids is 2. The molecule has 0 radical (unpaired) electrons. The van der Waals surface area contributed by atoms with E-state index in [9.17, 15) is 9.59 Å². The molecular formula is C13H21NO4. The molecule has 2 fully saturated rings. The number of carbonyl (C=O) groups is 2. The minimum absolute atomic E-state index is 0.0295. The molecule has 18 heavy (non-hydrogen) atoms. The van der Waals surface area contributed by atoms with E-state index in [0.29, 0.717) is 13.1 Å². The number of fused-ring (bicyclic) bond motifs is 2. The van der Waals surface area contributed by atoms with Gasteiger partial charge in [-0.15, -0.1) is 0 Å². The van der Waals surface area contributed by atoms with Gasteiger partial charge in [-0.05, 0) is 38.5 Å². The average Bonchev–Trinajstić information content (AvgIpc) is 2.57. The molecule has 1 aliphatic carbocycles. The predicted molar refractivity (Wildman–Crippen MR) is 64.9 cm³/mol. The minimum atomic E-state index is -0.259. The van der Waals surface area contributed by atoms with Gasteiger partial charge in [0.2, 0.25) is 0 Å². The van der Waals surface area contributed by atoms with Gasteiger partial charge in [0.15, 0.2) is 0 Å². The highest BCUT2D eigenvalue weighted by molar-refractivity contribution is 5.75. The summed E-state index contributed by atoms with van der Waals surface area (Å²) < 4.78 is 10.1. The zero-order chi connectivity index (χ0) is 13.3. The molecule has 1 saturated heterocycles. The standard InChI is InChI=1S/C13H21NO4/c1-8(2)18-13(16)14-6-9-4-5-10(7-14)11(9)12(15)17-3/h8-11H,4-7H2,1-3H3/t9-,10+,11?. The highest BCUT2D eigenvalue weighted by Gasteiger charge is 2.47. The van der Waals surface area contributed by atoms with E-state index in [1.165, 1.54) is 7.11 Å². The van der Waals surface area contributed by atoms with Crippen LogP contribution in [0.3, 0.4) is 0 Å². The fourth-order valence-corrected chi connectivity index (χ4v) is 3.17. The largest absolute Gasteiger partial charge is 0.469 e. The van der Waals surface area contributed by atoms with Crippen molar-refractivity contribution in [2.24, 2.45) is 17.8 Å². The molecule has 1 unspecified atom stereocenters. The van der Waals surface area contributed by atoms with Crippen molar-refractivity contribution in [3.05, 3.63) is 0 Å². The second-order valence-corrected chi connectivity index (χ2v) is 5.48. The molecule has 0 aromatic rings. The van der Waals surface area contributed by atoms with Crippen molar-refractivity contribution in [2.75, 3.05) is 20.2 Å². The van der Waals surface area contributed by atoms with Crippen LogP contribution in [0.4, 0.5) is 4.79 Å². The number of amides is 1. The number of hydrogen-bond acceptors (Lipinski definition) is 4. The van der Waals surface area contributed by atoms with Crippen LogP contribution in [0, 0.1) is 17.8 Å². The van der Waals surface area contributed by atoms with Crippen LogP contribution in [0.25, 0.3) is 0 Å². The Morgan fingerprint density at radius 1 is 1.17 bits per heavy atom. The Bertz CT molecular complexity index is 328. The predicted octanol–water partition coefficient (Wildman–Crippen LogP) is 1.66. The van der Waals surface area contributed by atoms with Crippen LogP contribution in [0.5, 0.6) is 0 Å². The van der Waals surface area contributed by atoms with Gasteiger partial charge in [-0.3, -0.25) is 4.79 Å². The molecule has 1 amide bonds. The second-order valence-electron chi connectivity index (χ2n) is 5.48. The summed E-state index contributed by atoms with van der Waals surface area (Å²) in [4.78, 5) is 25.3. The van der Waals surface area contributed by atoms with Gasteiger partial charge in [0.1, 0.15) is 0 Å². The number of methoxy groups -OCH3 is 1. The molecule has 0 aromatic carbocycles. The first kappa shape index (κ1) is 13.2. The summed E-state index contributed by atoms with van der Waals surface area (Å²) in [6.45, 7) is 4.91. The summed E-state index contributed by atoms with van der Waals surface area (Å²) >= 11 is 0. The lowest BCUT2D eigenvalue weighted by molar-refractivity contribution is -0.150. The van der Waals surface area contributed by atoms with Crippen LogP contribution in [-0.2, 0) is 14.3 Å². The van der Waals surface area contributed by atoms with Gasteiger partial charge in [-0.2, -0.15) is 0 Å². The quantitative estimate of drug-likeness (QED) is 0.704. The molecule has 102 valence electrons. The van der Waals surface area contributed by atoms with Gasteiger partial charge in [0.25, 0.3) is 0 Å². The van der Waals surface area contributed by atoms with Crippen LogP contribution < -0.4 is 0 Å². The average molecular weight is 255 g/mol.